The molecular formula is C19H23N5O3. The van der Waals surface area contributed by atoms with Crippen LogP contribution in [0, 0.1) is 5.92 Å². The number of ether oxygens (including phenoxy) is 1. The van der Waals surface area contributed by atoms with E-state index < -0.39 is 0 Å². The van der Waals surface area contributed by atoms with Crippen LogP contribution in [0.4, 0.5) is 5.95 Å². The van der Waals surface area contributed by atoms with E-state index in [0.717, 1.165) is 43.6 Å². The number of aryl methyl sites for hydroxylation is 1. The Kier molecular flexibility index (Phi) is 4.81. The van der Waals surface area contributed by atoms with E-state index in [0.29, 0.717) is 17.6 Å². The predicted molar refractivity (Wildman–Crippen MR) is 103 cm³/mol. The average Bonchev–Trinajstić information content (AvgIpc) is 2.92. The lowest BCUT2D eigenvalue weighted by atomic mass is 10.0. The van der Waals surface area contributed by atoms with Gasteiger partial charge in [-0.2, -0.15) is 0 Å². The van der Waals surface area contributed by atoms with Crippen LogP contribution in [0.5, 0.6) is 0 Å². The van der Waals surface area contributed by atoms with Crippen molar-refractivity contribution in [1.82, 2.24) is 19.1 Å². The molecule has 3 heterocycles. The van der Waals surface area contributed by atoms with E-state index in [2.05, 4.69) is 15.3 Å². The molecule has 0 saturated carbocycles. The van der Waals surface area contributed by atoms with E-state index in [4.69, 9.17) is 4.74 Å². The Morgan fingerprint density at radius 2 is 1.96 bits per heavy atom. The fraction of sp³-hybridized carbons (Fsp3) is 0.421. The van der Waals surface area contributed by atoms with Crippen LogP contribution in [0.15, 0.2) is 39.9 Å². The van der Waals surface area contributed by atoms with Crippen LogP contribution in [-0.2, 0) is 18.3 Å². The fourth-order valence-corrected chi connectivity index (χ4v) is 3.54. The number of rotatable bonds is 5. The molecule has 8 nitrogen and oxygen atoms in total. The number of benzene rings is 1. The normalized spacial score (nSPS) is 15.3. The van der Waals surface area contributed by atoms with E-state index in [1.807, 2.05) is 24.3 Å². The van der Waals surface area contributed by atoms with Crippen molar-refractivity contribution >= 4 is 17.0 Å². The molecule has 27 heavy (non-hydrogen) atoms. The Labute approximate surface area is 155 Å². The molecule has 142 valence electrons. The summed E-state index contributed by atoms with van der Waals surface area (Å²) in [6, 6.07) is 9.03. The number of fused-ring (bicyclic) bond motifs is 1. The molecule has 0 amide bonds. The molecule has 0 aliphatic carbocycles. The fourth-order valence-electron chi connectivity index (χ4n) is 3.54. The number of anilines is 1. The Morgan fingerprint density at radius 1 is 1.22 bits per heavy atom. The van der Waals surface area contributed by atoms with Gasteiger partial charge in [0.25, 0.3) is 5.56 Å². The molecule has 0 atom stereocenters. The van der Waals surface area contributed by atoms with Crippen molar-refractivity contribution in [2.75, 3.05) is 25.1 Å². The van der Waals surface area contributed by atoms with E-state index in [-0.39, 0.29) is 17.8 Å². The van der Waals surface area contributed by atoms with Crippen LogP contribution >= 0.6 is 0 Å². The number of hydrogen-bond donors (Lipinski definition) is 2. The first kappa shape index (κ1) is 17.5. The Morgan fingerprint density at radius 3 is 2.74 bits per heavy atom. The van der Waals surface area contributed by atoms with Gasteiger partial charge in [-0.25, -0.2) is 9.78 Å². The van der Waals surface area contributed by atoms with Crippen LogP contribution in [0.1, 0.15) is 18.5 Å². The zero-order chi connectivity index (χ0) is 18.8. The summed E-state index contributed by atoms with van der Waals surface area (Å²) in [6.45, 7) is 2.54. The number of imidazole rings is 1. The van der Waals surface area contributed by atoms with Gasteiger partial charge in [-0.05, 0) is 30.9 Å². The summed E-state index contributed by atoms with van der Waals surface area (Å²) in [7, 11) is 1.74. The Hall–Kier alpha value is -2.87. The predicted octanol–water partition coefficient (Wildman–Crippen LogP) is 1.31. The maximum atomic E-state index is 12.6. The average molecular weight is 369 g/mol. The standard InChI is InChI=1S/C19H23N5O3/c1-23-15-4-2-3-5-16(15)24(19(23)26)12-14-10-17(25)22-18(21-14)20-11-13-6-8-27-9-7-13/h2-5,10,13H,6-9,11-12H2,1H3,(H2,20,21,22,25). The summed E-state index contributed by atoms with van der Waals surface area (Å²) in [5.41, 5.74) is 1.86. The molecule has 1 fully saturated rings. The van der Waals surface area contributed by atoms with Gasteiger partial charge in [-0.15, -0.1) is 0 Å². The molecule has 1 aromatic carbocycles. The second kappa shape index (κ2) is 7.40. The van der Waals surface area contributed by atoms with Crippen LogP contribution in [0.2, 0.25) is 0 Å². The molecule has 1 aliphatic rings. The van der Waals surface area contributed by atoms with Gasteiger partial charge in [-0.1, -0.05) is 12.1 Å². The van der Waals surface area contributed by atoms with Gasteiger partial charge in [0.05, 0.1) is 23.3 Å². The van der Waals surface area contributed by atoms with Crippen molar-refractivity contribution in [3.8, 4) is 0 Å². The summed E-state index contributed by atoms with van der Waals surface area (Å²) in [5, 5.41) is 3.22. The number of H-pyrrole nitrogens is 1. The molecule has 0 spiro atoms. The van der Waals surface area contributed by atoms with Crippen molar-refractivity contribution in [2.45, 2.75) is 19.4 Å². The zero-order valence-corrected chi connectivity index (χ0v) is 15.3. The highest BCUT2D eigenvalue weighted by Crippen LogP contribution is 2.15. The molecule has 2 N–H and O–H groups in total. The highest BCUT2D eigenvalue weighted by molar-refractivity contribution is 5.75. The molecule has 0 bridgehead atoms. The summed E-state index contributed by atoms with van der Waals surface area (Å²) in [4.78, 5) is 31.9. The minimum absolute atomic E-state index is 0.130. The number of nitrogens with zero attached hydrogens (tertiary/aromatic N) is 3. The van der Waals surface area contributed by atoms with Gasteiger partial charge in [0.15, 0.2) is 0 Å². The number of aromatic amines is 1. The zero-order valence-electron chi connectivity index (χ0n) is 15.3. The van der Waals surface area contributed by atoms with Crippen LogP contribution < -0.4 is 16.6 Å². The van der Waals surface area contributed by atoms with E-state index in [1.165, 1.54) is 6.07 Å². The molecular weight excluding hydrogens is 346 g/mol. The molecule has 2 aromatic heterocycles. The maximum Gasteiger partial charge on any atom is 0.329 e. The second-order valence-corrected chi connectivity index (χ2v) is 6.94. The highest BCUT2D eigenvalue weighted by atomic mass is 16.5. The number of para-hydroxylation sites is 2. The summed E-state index contributed by atoms with van der Waals surface area (Å²) >= 11 is 0. The number of hydrogen-bond acceptors (Lipinski definition) is 5. The van der Waals surface area contributed by atoms with Crippen molar-refractivity contribution in [2.24, 2.45) is 13.0 Å². The lowest BCUT2D eigenvalue weighted by molar-refractivity contribution is 0.0699. The minimum atomic E-state index is -0.234. The molecule has 0 unspecified atom stereocenters. The molecule has 1 saturated heterocycles. The third-order valence-corrected chi connectivity index (χ3v) is 5.07. The maximum absolute atomic E-state index is 12.6. The second-order valence-electron chi connectivity index (χ2n) is 6.94. The van der Waals surface area contributed by atoms with Crippen LogP contribution in [0.3, 0.4) is 0 Å². The monoisotopic (exact) mass is 369 g/mol. The third-order valence-electron chi connectivity index (χ3n) is 5.07. The van der Waals surface area contributed by atoms with Gasteiger partial charge in [0.2, 0.25) is 5.95 Å². The van der Waals surface area contributed by atoms with Crippen molar-refractivity contribution < 1.29 is 4.74 Å². The quantitative estimate of drug-likeness (QED) is 0.707. The first-order valence-corrected chi connectivity index (χ1v) is 9.18. The SMILES string of the molecule is Cn1c(=O)n(Cc2cc(=O)[nH]c(NCC3CCOCC3)n2)c2ccccc21. The Bertz CT molecular complexity index is 1060. The van der Waals surface area contributed by atoms with Gasteiger partial charge in [0, 0.05) is 32.9 Å². The molecule has 3 aromatic rings. The highest BCUT2D eigenvalue weighted by Gasteiger charge is 2.15. The first-order valence-electron chi connectivity index (χ1n) is 9.18. The van der Waals surface area contributed by atoms with E-state index in [1.54, 1.807) is 16.2 Å². The Balaban J connectivity index is 1.58. The van der Waals surface area contributed by atoms with Crippen molar-refractivity contribution in [3.63, 3.8) is 0 Å². The van der Waals surface area contributed by atoms with Crippen molar-refractivity contribution in [3.05, 3.63) is 56.9 Å². The van der Waals surface area contributed by atoms with Gasteiger partial charge in [-0.3, -0.25) is 18.9 Å². The van der Waals surface area contributed by atoms with E-state index >= 15 is 0 Å². The number of aromatic nitrogens is 4. The molecule has 0 radical (unpaired) electrons. The van der Waals surface area contributed by atoms with Crippen molar-refractivity contribution in [1.29, 1.82) is 0 Å². The van der Waals surface area contributed by atoms with Gasteiger partial charge >= 0.3 is 5.69 Å². The third kappa shape index (κ3) is 3.66. The molecule has 4 rings (SSSR count). The smallest absolute Gasteiger partial charge is 0.329 e. The first-order chi connectivity index (χ1) is 13.1. The summed E-state index contributed by atoms with van der Waals surface area (Å²) < 4.78 is 8.61. The largest absolute Gasteiger partial charge is 0.381 e. The van der Waals surface area contributed by atoms with Crippen LogP contribution in [-0.4, -0.2) is 38.9 Å². The molecule has 1 aliphatic heterocycles. The van der Waals surface area contributed by atoms with E-state index in [9.17, 15) is 9.59 Å². The minimum Gasteiger partial charge on any atom is -0.381 e. The number of nitrogens with one attached hydrogen (secondary N) is 2. The topological polar surface area (TPSA) is 93.9 Å². The van der Waals surface area contributed by atoms with Gasteiger partial charge < -0.3 is 10.1 Å². The molecule has 8 heteroatoms. The lowest BCUT2D eigenvalue weighted by Gasteiger charge is -2.22. The van der Waals surface area contributed by atoms with Crippen LogP contribution in [0.25, 0.3) is 11.0 Å². The summed E-state index contributed by atoms with van der Waals surface area (Å²) in [5.74, 6) is 0.950. The van der Waals surface area contributed by atoms with Gasteiger partial charge in [0.1, 0.15) is 0 Å². The summed E-state index contributed by atoms with van der Waals surface area (Å²) in [6.07, 6.45) is 2.00. The lowest BCUT2D eigenvalue weighted by Crippen LogP contribution is -2.26.